The summed E-state index contributed by atoms with van der Waals surface area (Å²) in [7, 11) is 3.09. The van der Waals surface area contributed by atoms with Crippen molar-refractivity contribution in [2.24, 2.45) is 14.1 Å². The van der Waals surface area contributed by atoms with Gasteiger partial charge in [0.1, 0.15) is 5.75 Å². The van der Waals surface area contributed by atoms with Gasteiger partial charge in [0.25, 0.3) is 5.56 Å². The topological polar surface area (TPSA) is 71.1 Å². The van der Waals surface area contributed by atoms with Crippen molar-refractivity contribution < 1.29 is 4.74 Å². The number of aryl methyl sites for hydroxylation is 1. The molecule has 1 saturated carbocycles. The molecule has 5 rings (SSSR count). The minimum Gasteiger partial charge on any atom is -0.425 e. The number of nitrogens with zero attached hydrogens (tertiary/aromatic N) is 4. The molecule has 2 aromatic carbocycles. The van der Waals surface area contributed by atoms with Crippen LogP contribution in [0.1, 0.15) is 49.1 Å². The summed E-state index contributed by atoms with van der Waals surface area (Å²) in [6, 6.07) is 13.8. The number of halogens is 2. The first kappa shape index (κ1) is 23.9. The van der Waals surface area contributed by atoms with E-state index in [9.17, 15) is 9.59 Å². The maximum atomic E-state index is 13.2. The fourth-order valence-electron chi connectivity index (χ4n) is 4.87. The highest BCUT2D eigenvalue weighted by atomic mass is 79.9. The molecular formula is C26H26BrClN4O3. The van der Waals surface area contributed by atoms with Crippen LogP contribution in [0.5, 0.6) is 11.8 Å². The van der Waals surface area contributed by atoms with E-state index in [1.165, 1.54) is 30.9 Å². The number of ether oxygens (including phenoxy) is 1. The van der Waals surface area contributed by atoms with E-state index in [0.29, 0.717) is 34.4 Å². The quantitative estimate of drug-likeness (QED) is 0.314. The van der Waals surface area contributed by atoms with Gasteiger partial charge in [-0.15, -0.1) is 0 Å². The summed E-state index contributed by atoms with van der Waals surface area (Å²) in [5.41, 5.74) is 1.79. The summed E-state index contributed by atoms with van der Waals surface area (Å²) in [5, 5.41) is 0.664. The molecule has 0 unspecified atom stereocenters. The molecule has 0 atom stereocenters. The van der Waals surface area contributed by atoms with Crippen LogP contribution in [-0.2, 0) is 20.6 Å². The van der Waals surface area contributed by atoms with Crippen LogP contribution in [-0.4, -0.2) is 18.7 Å². The molecule has 1 aliphatic carbocycles. The molecular weight excluding hydrogens is 532 g/mol. The Hall–Kier alpha value is -2.84. The standard InChI is InChI=1S/C26H26BrClN4O3/c1-30-23-22(24(33)31(2)26(30)34)32(15-16-8-10-18(27)11-9-16)25(29-23)35-21-13-12-19(28)14-20(21)17-6-4-3-5-7-17/h8-14,17H,3-7,15H2,1-2H3. The Morgan fingerprint density at radius 2 is 1.74 bits per heavy atom. The van der Waals surface area contributed by atoms with Crippen molar-refractivity contribution in [2.75, 3.05) is 0 Å². The summed E-state index contributed by atoms with van der Waals surface area (Å²) >= 11 is 9.83. The smallest absolute Gasteiger partial charge is 0.332 e. The van der Waals surface area contributed by atoms with Gasteiger partial charge >= 0.3 is 11.7 Å². The third-order valence-electron chi connectivity index (χ3n) is 6.78. The minimum absolute atomic E-state index is 0.264. The number of benzene rings is 2. The third kappa shape index (κ3) is 4.57. The second-order valence-electron chi connectivity index (χ2n) is 9.10. The summed E-state index contributed by atoms with van der Waals surface area (Å²) in [4.78, 5) is 30.4. The molecule has 0 saturated heterocycles. The fraction of sp³-hybridized carbons (Fsp3) is 0.346. The Labute approximate surface area is 216 Å². The highest BCUT2D eigenvalue weighted by Crippen LogP contribution is 2.40. The van der Waals surface area contributed by atoms with Gasteiger partial charge in [0.05, 0.1) is 6.54 Å². The molecule has 35 heavy (non-hydrogen) atoms. The Balaban J connectivity index is 1.67. The van der Waals surface area contributed by atoms with Crippen LogP contribution in [0.4, 0.5) is 0 Å². The van der Waals surface area contributed by atoms with Gasteiger partial charge in [0, 0.05) is 23.6 Å². The number of hydrogen-bond donors (Lipinski definition) is 0. The molecule has 0 N–H and O–H groups in total. The highest BCUT2D eigenvalue weighted by Gasteiger charge is 2.24. The largest absolute Gasteiger partial charge is 0.425 e. The second-order valence-corrected chi connectivity index (χ2v) is 10.5. The van der Waals surface area contributed by atoms with E-state index >= 15 is 0 Å². The predicted molar refractivity (Wildman–Crippen MR) is 141 cm³/mol. The summed E-state index contributed by atoms with van der Waals surface area (Å²) in [6.45, 7) is 0.360. The number of imidazole rings is 1. The van der Waals surface area contributed by atoms with Crippen LogP contribution in [0, 0.1) is 0 Å². The normalized spacial score (nSPS) is 14.5. The molecule has 1 fully saturated rings. The summed E-state index contributed by atoms with van der Waals surface area (Å²) < 4.78 is 11.6. The van der Waals surface area contributed by atoms with E-state index in [0.717, 1.165) is 33.0 Å². The lowest BCUT2D eigenvalue weighted by molar-refractivity contribution is 0.394. The van der Waals surface area contributed by atoms with Gasteiger partial charge in [-0.05, 0) is 60.2 Å². The first-order valence-corrected chi connectivity index (χ1v) is 12.9. The zero-order chi connectivity index (χ0) is 24.7. The van der Waals surface area contributed by atoms with Crippen LogP contribution in [0.3, 0.4) is 0 Å². The van der Waals surface area contributed by atoms with E-state index in [2.05, 4.69) is 20.9 Å². The molecule has 1 aliphatic rings. The van der Waals surface area contributed by atoms with Crippen LogP contribution in [0.25, 0.3) is 11.2 Å². The van der Waals surface area contributed by atoms with Gasteiger partial charge < -0.3 is 4.74 Å². The van der Waals surface area contributed by atoms with Crippen molar-refractivity contribution in [3.63, 3.8) is 0 Å². The first-order chi connectivity index (χ1) is 16.8. The van der Waals surface area contributed by atoms with Gasteiger partial charge in [-0.25, -0.2) is 4.79 Å². The molecule has 4 aromatic rings. The SMILES string of the molecule is Cn1c(=O)c2c(nc(Oc3ccc(Cl)cc3C3CCCCC3)n2Cc2ccc(Br)cc2)n(C)c1=O. The molecule has 2 aromatic heterocycles. The maximum absolute atomic E-state index is 13.2. The van der Waals surface area contributed by atoms with E-state index in [4.69, 9.17) is 16.3 Å². The van der Waals surface area contributed by atoms with Gasteiger partial charge in [-0.3, -0.25) is 18.5 Å². The Bertz CT molecular complexity index is 1520. The minimum atomic E-state index is -0.434. The average molecular weight is 558 g/mol. The van der Waals surface area contributed by atoms with Crippen molar-refractivity contribution >= 4 is 38.7 Å². The number of rotatable bonds is 5. The van der Waals surface area contributed by atoms with Crippen molar-refractivity contribution in [2.45, 2.75) is 44.6 Å². The van der Waals surface area contributed by atoms with Gasteiger partial charge in [-0.1, -0.05) is 58.9 Å². The zero-order valence-electron chi connectivity index (χ0n) is 19.6. The third-order valence-corrected chi connectivity index (χ3v) is 7.55. The molecule has 0 spiro atoms. The molecule has 7 nitrogen and oxygen atoms in total. The fourth-order valence-corrected chi connectivity index (χ4v) is 5.31. The summed E-state index contributed by atoms with van der Waals surface area (Å²) in [6.07, 6.45) is 5.77. The van der Waals surface area contributed by atoms with Crippen LogP contribution >= 0.6 is 27.5 Å². The van der Waals surface area contributed by atoms with Crippen molar-refractivity contribution in [3.05, 3.63) is 83.9 Å². The van der Waals surface area contributed by atoms with Gasteiger partial charge in [0.2, 0.25) is 0 Å². The van der Waals surface area contributed by atoms with Crippen LogP contribution in [0.2, 0.25) is 5.02 Å². The number of hydrogen-bond acceptors (Lipinski definition) is 4. The monoisotopic (exact) mass is 556 g/mol. The molecule has 9 heteroatoms. The molecule has 182 valence electrons. The van der Waals surface area contributed by atoms with Gasteiger partial charge in [0.15, 0.2) is 11.2 Å². The van der Waals surface area contributed by atoms with E-state index < -0.39 is 11.2 Å². The lowest BCUT2D eigenvalue weighted by Gasteiger charge is -2.24. The summed E-state index contributed by atoms with van der Waals surface area (Å²) in [5.74, 6) is 1.04. The highest BCUT2D eigenvalue weighted by molar-refractivity contribution is 9.10. The van der Waals surface area contributed by atoms with Crippen molar-refractivity contribution in [1.29, 1.82) is 0 Å². The molecule has 0 amide bonds. The van der Waals surface area contributed by atoms with Gasteiger partial charge in [-0.2, -0.15) is 4.98 Å². The maximum Gasteiger partial charge on any atom is 0.332 e. The average Bonchev–Trinajstić information content (AvgIpc) is 3.22. The lowest BCUT2D eigenvalue weighted by Crippen LogP contribution is -2.37. The zero-order valence-corrected chi connectivity index (χ0v) is 22.0. The molecule has 0 bridgehead atoms. The van der Waals surface area contributed by atoms with E-state index in [1.807, 2.05) is 36.4 Å². The van der Waals surface area contributed by atoms with Crippen LogP contribution in [0.15, 0.2) is 56.5 Å². The Morgan fingerprint density at radius 3 is 2.46 bits per heavy atom. The second kappa shape index (κ2) is 9.66. The predicted octanol–water partition coefficient (Wildman–Crippen LogP) is 5.74. The van der Waals surface area contributed by atoms with Crippen LogP contribution < -0.4 is 16.0 Å². The first-order valence-electron chi connectivity index (χ1n) is 11.7. The molecule has 0 radical (unpaired) electrons. The lowest BCUT2D eigenvalue weighted by atomic mass is 9.84. The molecule has 0 aliphatic heterocycles. The van der Waals surface area contributed by atoms with E-state index in [-0.39, 0.29) is 6.01 Å². The number of fused-ring (bicyclic) bond motifs is 1. The number of aromatic nitrogens is 4. The molecule has 2 heterocycles. The van der Waals surface area contributed by atoms with E-state index in [1.54, 1.807) is 17.7 Å². The Morgan fingerprint density at radius 1 is 1.03 bits per heavy atom. The Kier molecular flexibility index (Phi) is 6.59. The van der Waals surface area contributed by atoms with Crippen molar-refractivity contribution in [3.8, 4) is 11.8 Å². The van der Waals surface area contributed by atoms with Crippen molar-refractivity contribution in [1.82, 2.24) is 18.7 Å².